The molecule has 1 aromatic rings. The third kappa shape index (κ3) is 6.24. The Morgan fingerprint density at radius 3 is 2.31 bits per heavy atom. The lowest BCUT2D eigenvalue weighted by Crippen LogP contribution is -2.50. The number of likely N-dealkylation sites (tertiary alicyclic amines) is 2. The van der Waals surface area contributed by atoms with E-state index in [0.717, 1.165) is 64.2 Å². The molecule has 0 spiro atoms. The molecule has 1 atom stereocenters. The van der Waals surface area contributed by atoms with Crippen LogP contribution < -0.4 is 4.74 Å². The van der Waals surface area contributed by atoms with Gasteiger partial charge in [-0.25, -0.2) is 0 Å². The van der Waals surface area contributed by atoms with Crippen molar-refractivity contribution in [2.75, 3.05) is 32.7 Å². The molecule has 3 rings (SSSR count). The van der Waals surface area contributed by atoms with Gasteiger partial charge < -0.3 is 14.7 Å². The first-order chi connectivity index (χ1) is 13.8. The fraction of sp³-hybridized carbons (Fsp3) is 0.682. The maximum Gasteiger partial charge on any atom is 0.321 e. The van der Waals surface area contributed by atoms with Gasteiger partial charge in [0.25, 0.3) is 0 Å². The molecule has 2 heterocycles. The molecule has 0 aromatic heterocycles. The molecule has 0 bridgehead atoms. The van der Waals surface area contributed by atoms with Gasteiger partial charge in [-0.1, -0.05) is 37.0 Å². The SMILES string of the molecule is CC(C)[C@@H](C(=O)O)N1CCC(CN2CCC(Oc3ccc(Cl)c(Cl)c3)CC2)CC1. The van der Waals surface area contributed by atoms with Gasteiger partial charge in [0, 0.05) is 25.7 Å². The molecule has 29 heavy (non-hydrogen) atoms. The second-order valence-electron chi connectivity index (χ2n) is 8.70. The van der Waals surface area contributed by atoms with Crippen LogP contribution in [0.15, 0.2) is 18.2 Å². The minimum absolute atomic E-state index is 0.138. The van der Waals surface area contributed by atoms with Crippen molar-refractivity contribution in [3.8, 4) is 5.75 Å². The number of carbonyl (C=O) groups is 1. The van der Waals surface area contributed by atoms with E-state index in [4.69, 9.17) is 27.9 Å². The predicted molar refractivity (Wildman–Crippen MR) is 117 cm³/mol. The van der Waals surface area contributed by atoms with Crippen LogP contribution in [0.3, 0.4) is 0 Å². The lowest BCUT2D eigenvalue weighted by Gasteiger charge is -2.40. The maximum atomic E-state index is 11.6. The van der Waals surface area contributed by atoms with Gasteiger partial charge >= 0.3 is 5.97 Å². The first-order valence-electron chi connectivity index (χ1n) is 10.6. The van der Waals surface area contributed by atoms with E-state index in [9.17, 15) is 9.90 Å². The largest absolute Gasteiger partial charge is 0.490 e. The summed E-state index contributed by atoms with van der Waals surface area (Å²) in [5, 5.41) is 10.6. The number of rotatable bonds is 7. The number of ether oxygens (including phenoxy) is 1. The number of hydrogen-bond acceptors (Lipinski definition) is 4. The molecule has 5 nitrogen and oxygen atoms in total. The van der Waals surface area contributed by atoms with Gasteiger partial charge in [-0.15, -0.1) is 0 Å². The Hall–Kier alpha value is -1.01. The Balaban J connectivity index is 1.40. The van der Waals surface area contributed by atoms with Crippen molar-refractivity contribution in [1.29, 1.82) is 0 Å². The summed E-state index contributed by atoms with van der Waals surface area (Å²) in [5.74, 6) is 0.879. The Kier molecular flexibility index (Phi) is 8.08. The molecule has 7 heteroatoms. The first-order valence-corrected chi connectivity index (χ1v) is 11.4. The number of aliphatic carboxylic acids is 1. The molecule has 0 amide bonds. The zero-order valence-corrected chi connectivity index (χ0v) is 18.8. The predicted octanol–water partition coefficient (Wildman–Crippen LogP) is 4.66. The van der Waals surface area contributed by atoms with Crippen molar-refractivity contribution in [2.45, 2.75) is 51.7 Å². The van der Waals surface area contributed by atoms with E-state index in [-0.39, 0.29) is 18.1 Å². The second kappa shape index (κ2) is 10.3. The molecule has 162 valence electrons. The van der Waals surface area contributed by atoms with Crippen molar-refractivity contribution in [3.63, 3.8) is 0 Å². The van der Waals surface area contributed by atoms with Crippen molar-refractivity contribution in [2.24, 2.45) is 11.8 Å². The minimum atomic E-state index is -0.692. The quantitative estimate of drug-likeness (QED) is 0.665. The van der Waals surface area contributed by atoms with Crippen molar-refractivity contribution in [3.05, 3.63) is 28.2 Å². The average Bonchev–Trinajstić information content (AvgIpc) is 2.67. The number of halogens is 2. The van der Waals surface area contributed by atoms with Gasteiger partial charge in [-0.2, -0.15) is 0 Å². The molecule has 2 saturated heterocycles. The molecule has 0 aliphatic carbocycles. The van der Waals surface area contributed by atoms with E-state index in [2.05, 4.69) is 9.80 Å². The molecule has 2 fully saturated rings. The highest BCUT2D eigenvalue weighted by atomic mass is 35.5. The summed E-state index contributed by atoms with van der Waals surface area (Å²) in [4.78, 5) is 16.2. The van der Waals surface area contributed by atoms with Gasteiger partial charge in [0.2, 0.25) is 0 Å². The molecular weight excluding hydrogens is 411 g/mol. The molecule has 1 aromatic carbocycles. The topological polar surface area (TPSA) is 53.0 Å². The minimum Gasteiger partial charge on any atom is -0.490 e. The monoisotopic (exact) mass is 442 g/mol. The molecule has 1 N–H and O–H groups in total. The normalized spacial score (nSPS) is 21.4. The summed E-state index contributed by atoms with van der Waals surface area (Å²) in [6.45, 7) is 8.94. The lowest BCUT2D eigenvalue weighted by molar-refractivity contribution is -0.145. The van der Waals surface area contributed by atoms with Crippen LogP contribution in [0.25, 0.3) is 0 Å². The Morgan fingerprint density at radius 1 is 1.10 bits per heavy atom. The van der Waals surface area contributed by atoms with Crippen LogP contribution in [0.5, 0.6) is 5.75 Å². The summed E-state index contributed by atoms with van der Waals surface area (Å²) in [7, 11) is 0. The van der Waals surface area contributed by atoms with Crippen LogP contribution in [0, 0.1) is 11.8 Å². The van der Waals surface area contributed by atoms with E-state index < -0.39 is 5.97 Å². The fourth-order valence-electron chi connectivity index (χ4n) is 4.59. The summed E-state index contributed by atoms with van der Waals surface area (Å²) in [6.07, 6.45) is 4.39. The number of piperidine rings is 2. The molecule has 2 aliphatic rings. The highest BCUT2D eigenvalue weighted by molar-refractivity contribution is 6.42. The van der Waals surface area contributed by atoms with Crippen LogP contribution >= 0.6 is 23.2 Å². The number of carboxylic acids is 1. The highest BCUT2D eigenvalue weighted by Crippen LogP contribution is 2.29. The second-order valence-corrected chi connectivity index (χ2v) is 9.51. The number of nitrogens with zero attached hydrogens (tertiary/aromatic N) is 2. The molecular formula is C22H32Cl2N2O3. The van der Waals surface area contributed by atoms with Crippen molar-refractivity contribution < 1.29 is 14.6 Å². The lowest BCUT2D eigenvalue weighted by atomic mass is 9.92. The first kappa shape index (κ1) is 22.7. The zero-order chi connectivity index (χ0) is 21.0. The maximum absolute atomic E-state index is 11.6. The molecule has 0 saturated carbocycles. The number of carboxylic acid groups (broad SMARTS) is 1. The number of hydrogen-bond donors (Lipinski definition) is 1. The molecule has 0 radical (unpaired) electrons. The van der Waals surface area contributed by atoms with Gasteiger partial charge in [0.1, 0.15) is 17.9 Å². The zero-order valence-electron chi connectivity index (χ0n) is 17.3. The van der Waals surface area contributed by atoms with Crippen LogP contribution in [0.1, 0.15) is 39.5 Å². The van der Waals surface area contributed by atoms with Crippen LogP contribution in [-0.4, -0.2) is 65.7 Å². The Labute approximate surface area is 183 Å². The van der Waals surface area contributed by atoms with Crippen LogP contribution in [0.2, 0.25) is 10.0 Å². The van der Waals surface area contributed by atoms with Crippen LogP contribution in [-0.2, 0) is 4.79 Å². The molecule has 0 unspecified atom stereocenters. The third-order valence-corrected chi connectivity index (χ3v) is 6.91. The van der Waals surface area contributed by atoms with E-state index >= 15 is 0 Å². The van der Waals surface area contributed by atoms with E-state index in [1.165, 1.54) is 0 Å². The summed E-state index contributed by atoms with van der Waals surface area (Å²) >= 11 is 12.0. The van der Waals surface area contributed by atoms with E-state index in [1.54, 1.807) is 12.1 Å². The smallest absolute Gasteiger partial charge is 0.321 e. The Bertz CT molecular complexity index is 685. The van der Waals surface area contributed by atoms with Gasteiger partial charge in [0.05, 0.1) is 10.0 Å². The van der Waals surface area contributed by atoms with Crippen LogP contribution in [0.4, 0.5) is 0 Å². The van der Waals surface area contributed by atoms with E-state index in [1.807, 2.05) is 19.9 Å². The summed E-state index contributed by atoms with van der Waals surface area (Å²) in [6, 6.07) is 5.07. The third-order valence-electron chi connectivity index (χ3n) is 6.17. The van der Waals surface area contributed by atoms with Gasteiger partial charge in [-0.3, -0.25) is 9.69 Å². The number of benzene rings is 1. The van der Waals surface area contributed by atoms with Crippen molar-refractivity contribution in [1.82, 2.24) is 9.80 Å². The average molecular weight is 443 g/mol. The van der Waals surface area contributed by atoms with Gasteiger partial charge in [0.15, 0.2) is 0 Å². The Morgan fingerprint density at radius 2 is 1.76 bits per heavy atom. The molecule has 2 aliphatic heterocycles. The standard InChI is InChI=1S/C22H32Cl2N2O3/c1-15(2)21(22(27)28)26-11-5-16(6-12-26)14-25-9-7-17(8-10-25)29-18-3-4-19(23)20(24)13-18/h3-4,13,15-17,21H,5-12,14H2,1-2H3,(H,27,28)/t21-/m0/s1. The highest BCUT2D eigenvalue weighted by Gasteiger charge is 2.32. The summed E-state index contributed by atoms with van der Waals surface area (Å²) in [5.41, 5.74) is 0. The fourth-order valence-corrected chi connectivity index (χ4v) is 4.88. The van der Waals surface area contributed by atoms with E-state index in [0.29, 0.717) is 16.0 Å². The van der Waals surface area contributed by atoms with Gasteiger partial charge in [-0.05, 0) is 62.7 Å². The summed E-state index contributed by atoms with van der Waals surface area (Å²) < 4.78 is 6.08. The van der Waals surface area contributed by atoms with Crippen molar-refractivity contribution >= 4 is 29.2 Å².